The van der Waals surface area contributed by atoms with Gasteiger partial charge in [0.25, 0.3) is 5.91 Å². The van der Waals surface area contributed by atoms with Crippen LogP contribution in [0.5, 0.6) is 5.75 Å². The van der Waals surface area contributed by atoms with Crippen LogP contribution in [0.15, 0.2) is 24.3 Å². The number of likely N-dealkylation sites (tertiary alicyclic amines) is 1. The van der Waals surface area contributed by atoms with E-state index in [2.05, 4.69) is 39.9 Å². The minimum Gasteiger partial charge on any atom is -0.481 e. The molecule has 1 aliphatic heterocycles. The Bertz CT molecular complexity index is 653. The van der Waals surface area contributed by atoms with Gasteiger partial charge in [-0.3, -0.25) is 9.59 Å². The van der Waals surface area contributed by atoms with Gasteiger partial charge in [-0.2, -0.15) is 0 Å². The molecule has 1 aromatic rings. The van der Waals surface area contributed by atoms with Crippen LogP contribution in [0.25, 0.3) is 0 Å². The number of piperidine rings is 1. The number of nitrogens with one attached hydrogen (secondary N) is 1. The lowest BCUT2D eigenvalue weighted by atomic mass is 9.91. The van der Waals surface area contributed by atoms with Gasteiger partial charge in [-0.15, -0.1) is 0 Å². The lowest BCUT2D eigenvalue weighted by Gasteiger charge is -2.34. The van der Waals surface area contributed by atoms with E-state index in [0.717, 1.165) is 18.6 Å². The monoisotopic (exact) mass is 388 g/mol. The summed E-state index contributed by atoms with van der Waals surface area (Å²) >= 11 is 0. The van der Waals surface area contributed by atoms with E-state index in [1.807, 2.05) is 29.2 Å². The molecule has 0 spiro atoms. The van der Waals surface area contributed by atoms with E-state index in [4.69, 9.17) is 4.74 Å². The minimum absolute atomic E-state index is 0.00686. The van der Waals surface area contributed by atoms with Crippen LogP contribution in [0.4, 0.5) is 0 Å². The highest BCUT2D eigenvalue weighted by molar-refractivity contribution is 5.81. The fourth-order valence-electron chi connectivity index (χ4n) is 3.45. The normalized spacial score (nSPS) is 16.8. The minimum atomic E-state index is -0.517. The molecular formula is C23H36N2O3. The molecule has 0 aromatic heterocycles. The van der Waals surface area contributed by atoms with E-state index in [0.29, 0.717) is 25.4 Å². The van der Waals surface area contributed by atoms with Crippen molar-refractivity contribution in [1.82, 2.24) is 10.2 Å². The van der Waals surface area contributed by atoms with Gasteiger partial charge < -0.3 is 15.0 Å². The van der Waals surface area contributed by atoms with E-state index >= 15 is 0 Å². The predicted molar refractivity (Wildman–Crippen MR) is 112 cm³/mol. The van der Waals surface area contributed by atoms with Gasteiger partial charge in [-0.1, -0.05) is 46.8 Å². The third kappa shape index (κ3) is 6.84. The van der Waals surface area contributed by atoms with Crippen LogP contribution in [0.3, 0.4) is 0 Å². The van der Waals surface area contributed by atoms with Gasteiger partial charge in [0.2, 0.25) is 5.91 Å². The van der Waals surface area contributed by atoms with Crippen LogP contribution in [0, 0.1) is 5.41 Å². The highest BCUT2D eigenvalue weighted by atomic mass is 16.5. The molecule has 2 rings (SSSR count). The molecule has 1 unspecified atom stereocenters. The Morgan fingerprint density at radius 1 is 1.11 bits per heavy atom. The van der Waals surface area contributed by atoms with E-state index in [1.165, 1.54) is 5.56 Å². The second-order valence-electron chi connectivity index (χ2n) is 9.39. The molecule has 1 saturated heterocycles. The number of hydrogen-bond donors (Lipinski definition) is 1. The third-order valence-electron chi connectivity index (χ3n) is 5.07. The molecular weight excluding hydrogens is 352 g/mol. The first-order valence-corrected chi connectivity index (χ1v) is 10.4. The second-order valence-corrected chi connectivity index (χ2v) is 9.39. The van der Waals surface area contributed by atoms with Crippen LogP contribution in [0.1, 0.15) is 72.3 Å². The van der Waals surface area contributed by atoms with Crippen molar-refractivity contribution in [3.63, 3.8) is 0 Å². The van der Waals surface area contributed by atoms with Crippen LogP contribution in [0.2, 0.25) is 0 Å². The first-order chi connectivity index (χ1) is 13.0. The summed E-state index contributed by atoms with van der Waals surface area (Å²) in [7, 11) is 0. The fraction of sp³-hybridized carbons (Fsp3) is 0.652. The van der Waals surface area contributed by atoms with Gasteiger partial charge >= 0.3 is 0 Å². The maximum atomic E-state index is 12.7. The topological polar surface area (TPSA) is 58.6 Å². The Morgan fingerprint density at radius 3 is 2.18 bits per heavy atom. The molecule has 0 radical (unpaired) electrons. The smallest absolute Gasteiger partial charge is 0.263 e. The maximum Gasteiger partial charge on any atom is 0.263 e. The molecule has 156 valence electrons. The SMILES string of the molecule is CC(Oc1ccc(C(C)C)cc1)C(=O)N1CCC(NC(=O)CC(C)(C)C)CC1. The summed E-state index contributed by atoms with van der Waals surface area (Å²) in [6.45, 7) is 13.6. The summed E-state index contributed by atoms with van der Waals surface area (Å²) in [6, 6.07) is 8.09. The predicted octanol–water partition coefficient (Wildman–Crippen LogP) is 4.12. The van der Waals surface area contributed by atoms with Gasteiger partial charge in [0.15, 0.2) is 6.10 Å². The molecule has 1 aromatic carbocycles. The van der Waals surface area contributed by atoms with Crippen molar-refractivity contribution in [3.8, 4) is 5.75 Å². The van der Waals surface area contributed by atoms with Crippen molar-refractivity contribution in [2.24, 2.45) is 5.41 Å². The Labute approximate surface area is 169 Å². The maximum absolute atomic E-state index is 12.7. The first kappa shape index (κ1) is 22.3. The van der Waals surface area contributed by atoms with Gasteiger partial charge in [0.1, 0.15) is 5.75 Å². The van der Waals surface area contributed by atoms with Crippen molar-refractivity contribution in [1.29, 1.82) is 0 Å². The number of carbonyl (C=O) groups is 2. The van der Waals surface area contributed by atoms with Crippen molar-refractivity contribution < 1.29 is 14.3 Å². The second kappa shape index (κ2) is 9.44. The summed E-state index contributed by atoms with van der Waals surface area (Å²) in [5.41, 5.74) is 1.24. The van der Waals surface area contributed by atoms with Crippen molar-refractivity contribution in [2.45, 2.75) is 78.9 Å². The molecule has 1 N–H and O–H groups in total. The van der Waals surface area contributed by atoms with Crippen molar-refractivity contribution in [2.75, 3.05) is 13.1 Å². The summed E-state index contributed by atoms with van der Waals surface area (Å²) in [6.07, 6.45) is 1.58. The van der Waals surface area contributed by atoms with E-state index in [-0.39, 0.29) is 23.3 Å². The number of hydrogen-bond acceptors (Lipinski definition) is 3. The fourth-order valence-corrected chi connectivity index (χ4v) is 3.45. The lowest BCUT2D eigenvalue weighted by Crippen LogP contribution is -2.49. The molecule has 2 amide bonds. The summed E-state index contributed by atoms with van der Waals surface area (Å²) < 4.78 is 5.85. The molecule has 1 fully saturated rings. The van der Waals surface area contributed by atoms with E-state index in [9.17, 15) is 9.59 Å². The van der Waals surface area contributed by atoms with Crippen LogP contribution in [-0.2, 0) is 9.59 Å². The van der Waals surface area contributed by atoms with E-state index < -0.39 is 6.10 Å². The van der Waals surface area contributed by atoms with Gasteiger partial charge in [0, 0.05) is 25.6 Å². The zero-order valence-electron chi connectivity index (χ0n) is 18.2. The van der Waals surface area contributed by atoms with Crippen LogP contribution >= 0.6 is 0 Å². The van der Waals surface area contributed by atoms with Crippen LogP contribution < -0.4 is 10.1 Å². The Morgan fingerprint density at radius 2 is 1.68 bits per heavy atom. The number of carbonyl (C=O) groups excluding carboxylic acids is 2. The number of amides is 2. The molecule has 28 heavy (non-hydrogen) atoms. The molecule has 5 nitrogen and oxygen atoms in total. The largest absolute Gasteiger partial charge is 0.481 e. The molecule has 1 aliphatic rings. The number of rotatable bonds is 6. The molecule has 0 bridgehead atoms. The number of benzene rings is 1. The Balaban J connectivity index is 1.80. The van der Waals surface area contributed by atoms with Crippen LogP contribution in [-0.4, -0.2) is 41.9 Å². The average Bonchev–Trinajstić information content (AvgIpc) is 2.60. The van der Waals surface area contributed by atoms with Gasteiger partial charge in [-0.25, -0.2) is 0 Å². The zero-order valence-corrected chi connectivity index (χ0v) is 18.2. The van der Waals surface area contributed by atoms with Gasteiger partial charge in [-0.05, 0) is 48.8 Å². The molecule has 1 atom stereocenters. The Hall–Kier alpha value is -2.04. The molecule has 0 saturated carbocycles. The lowest BCUT2D eigenvalue weighted by molar-refractivity contribution is -0.139. The summed E-state index contributed by atoms with van der Waals surface area (Å²) in [4.78, 5) is 26.7. The highest BCUT2D eigenvalue weighted by Gasteiger charge is 2.28. The Kier molecular flexibility index (Phi) is 7.50. The quantitative estimate of drug-likeness (QED) is 0.797. The standard InChI is InChI=1S/C23H36N2O3/c1-16(2)18-7-9-20(10-8-18)28-17(3)22(27)25-13-11-19(12-14-25)24-21(26)15-23(4,5)6/h7-10,16-17,19H,11-15H2,1-6H3,(H,24,26). The van der Waals surface area contributed by atoms with Crippen molar-refractivity contribution in [3.05, 3.63) is 29.8 Å². The number of nitrogens with zero attached hydrogens (tertiary/aromatic N) is 1. The van der Waals surface area contributed by atoms with E-state index in [1.54, 1.807) is 6.92 Å². The molecule has 5 heteroatoms. The first-order valence-electron chi connectivity index (χ1n) is 10.4. The van der Waals surface area contributed by atoms with Gasteiger partial charge in [0.05, 0.1) is 0 Å². The summed E-state index contributed by atoms with van der Waals surface area (Å²) in [5.74, 6) is 1.29. The summed E-state index contributed by atoms with van der Waals surface area (Å²) in [5, 5.41) is 3.11. The zero-order chi connectivity index (χ0) is 20.9. The highest BCUT2D eigenvalue weighted by Crippen LogP contribution is 2.21. The van der Waals surface area contributed by atoms with Crippen molar-refractivity contribution >= 4 is 11.8 Å². The molecule has 0 aliphatic carbocycles. The molecule has 1 heterocycles. The average molecular weight is 389 g/mol. The number of ether oxygens (including phenoxy) is 1. The third-order valence-corrected chi connectivity index (χ3v) is 5.07.